The highest BCUT2D eigenvalue weighted by atomic mass is 16.6. The number of amides is 1. The number of benzene rings is 2. The van der Waals surface area contributed by atoms with Gasteiger partial charge in [0.15, 0.2) is 0 Å². The number of rotatable bonds is 4. The number of aliphatic hydroxyl groups is 1. The van der Waals surface area contributed by atoms with Gasteiger partial charge in [-0.3, -0.25) is 0 Å². The lowest BCUT2D eigenvalue weighted by atomic mass is 9.68. The lowest BCUT2D eigenvalue weighted by molar-refractivity contribution is -0.0146. The summed E-state index contributed by atoms with van der Waals surface area (Å²) in [5.74, 6) is 0.849. The fourth-order valence-electron chi connectivity index (χ4n) is 6.03. The van der Waals surface area contributed by atoms with Crippen molar-refractivity contribution in [3.63, 3.8) is 0 Å². The third-order valence-corrected chi connectivity index (χ3v) is 7.64. The molecule has 3 aromatic rings. The van der Waals surface area contributed by atoms with Crippen molar-refractivity contribution in [2.45, 2.75) is 65.0 Å². The molecule has 2 aliphatic heterocycles. The summed E-state index contributed by atoms with van der Waals surface area (Å²) in [6.07, 6.45) is 1.15. The number of ether oxygens (including phenoxy) is 1. The monoisotopic (exact) mass is 502 g/mol. The van der Waals surface area contributed by atoms with Gasteiger partial charge < -0.3 is 24.6 Å². The summed E-state index contributed by atoms with van der Waals surface area (Å²) in [6, 6.07) is 20.3. The van der Waals surface area contributed by atoms with Crippen LogP contribution >= 0.6 is 0 Å². The summed E-state index contributed by atoms with van der Waals surface area (Å²) in [5, 5.41) is 14.6. The van der Waals surface area contributed by atoms with Gasteiger partial charge in [-0.25, -0.2) is 9.78 Å². The molecule has 0 spiro atoms. The highest BCUT2D eigenvalue weighted by Gasteiger charge is 2.57. The number of fused-ring (bicyclic) bond motifs is 1. The molecule has 2 aromatic carbocycles. The number of carbonyl (C=O) groups excluding carboxylic acids is 1. The predicted molar refractivity (Wildman–Crippen MR) is 144 cm³/mol. The molecule has 3 heterocycles. The molecule has 0 bridgehead atoms. The maximum absolute atomic E-state index is 13.2. The molecule has 196 valence electrons. The zero-order valence-electron chi connectivity index (χ0n) is 22.4. The van der Waals surface area contributed by atoms with E-state index in [1.54, 1.807) is 4.90 Å². The Morgan fingerprint density at radius 3 is 2.41 bits per heavy atom. The summed E-state index contributed by atoms with van der Waals surface area (Å²) in [7, 11) is 0. The lowest BCUT2D eigenvalue weighted by Crippen LogP contribution is -2.59. The first-order chi connectivity index (χ1) is 17.5. The number of aromatic nitrogens is 2. The van der Waals surface area contributed by atoms with Gasteiger partial charge in [-0.05, 0) is 26.3 Å². The van der Waals surface area contributed by atoms with E-state index in [0.29, 0.717) is 13.1 Å². The van der Waals surface area contributed by atoms with Crippen LogP contribution in [-0.2, 0) is 11.3 Å². The largest absolute Gasteiger partial charge is 0.444 e. The fraction of sp³-hybridized carbons (Fsp3) is 0.467. The summed E-state index contributed by atoms with van der Waals surface area (Å²) in [5.41, 5.74) is 2.15. The number of hydrogen-bond donors (Lipinski definition) is 2. The number of likely N-dealkylation sites (tertiary alicyclic amines) is 1. The second-order valence-electron chi connectivity index (χ2n) is 11.9. The van der Waals surface area contributed by atoms with E-state index in [1.807, 2.05) is 45.0 Å². The minimum Gasteiger partial charge on any atom is -0.444 e. The van der Waals surface area contributed by atoms with Crippen LogP contribution in [0.3, 0.4) is 0 Å². The highest BCUT2D eigenvalue weighted by molar-refractivity contribution is 5.69. The first kappa shape index (κ1) is 25.5. The molecule has 5 rings (SSSR count). The van der Waals surface area contributed by atoms with Crippen LogP contribution in [0.5, 0.6) is 0 Å². The van der Waals surface area contributed by atoms with Crippen LogP contribution in [-0.4, -0.2) is 56.5 Å². The number of nitrogens with one attached hydrogen (secondary N) is 1. The van der Waals surface area contributed by atoms with Gasteiger partial charge in [0.1, 0.15) is 11.4 Å². The molecular formula is C30H38N4O3. The number of piperidine rings is 1. The molecule has 1 aromatic heterocycles. The highest BCUT2D eigenvalue weighted by Crippen LogP contribution is 2.48. The lowest BCUT2D eigenvalue weighted by Gasteiger charge is -2.49. The number of β-amino-alcohol motifs (C(OH)–C–C–N with tert-alkyl or cyclic N) is 1. The average Bonchev–Trinajstić information content (AvgIpc) is 3.41. The standard InChI is InChI=1S/C30H38N4O3/c1-29(2,3)37-28(36)34-19-24(35)22-16-31-25(30(4,5)26(22)34)27-32-23(21-14-10-7-11-15-21)18-33(27)17-20-12-8-6-9-13-20/h6-15,18,22,24-26,31,35H,16-17,19H2,1-5H3/t22-,24+,25+,26?/m1/s1. The molecule has 4 atom stereocenters. The third kappa shape index (κ3) is 5.03. The SMILES string of the molecule is CC(C)(C)OC(=O)N1C[C@H](O)[C@H]2CN[C@@H](c3nc(-c4ccccc4)cn3Cc3ccccc3)C(C)(C)C21. The van der Waals surface area contributed by atoms with E-state index in [0.717, 1.165) is 17.1 Å². The average molecular weight is 503 g/mol. The fourth-order valence-corrected chi connectivity index (χ4v) is 6.03. The summed E-state index contributed by atoms with van der Waals surface area (Å²) >= 11 is 0. The van der Waals surface area contributed by atoms with Gasteiger partial charge in [0.2, 0.25) is 0 Å². The second kappa shape index (κ2) is 9.62. The Hall–Kier alpha value is -3.16. The Morgan fingerprint density at radius 2 is 1.76 bits per heavy atom. The first-order valence-corrected chi connectivity index (χ1v) is 13.1. The van der Waals surface area contributed by atoms with Crippen molar-refractivity contribution < 1.29 is 14.6 Å². The number of nitrogens with zero attached hydrogens (tertiary/aromatic N) is 3. The summed E-state index contributed by atoms with van der Waals surface area (Å²) in [6.45, 7) is 11.5. The molecule has 7 nitrogen and oxygen atoms in total. The molecule has 37 heavy (non-hydrogen) atoms. The van der Waals surface area contributed by atoms with E-state index in [1.165, 1.54) is 5.56 Å². The maximum atomic E-state index is 13.2. The van der Waals surface area contributed by atoms with Crippen molar-refractivity contribution in [1.29, 1.82) is 0 Å². The van der Waals surface area contributed by atoms with Crippen LogP contribution in [0, 0.1) is 11.3 Å². The minimum atomic E-state index is -0.604. The van der Waals surface area contributed by atoms with Gasteiger partial charge >= 0.3 is 6.09 Å². The van der Waals surface area contributed by atoms with E-state index < -0.39 is 17.1 Å². The van der Waals surface area contributed by atoms with Gasteiger partial charge in [-0.1, -0.05) is 74.5 Å². The second-order valence-corrected chi connectivity index (χ2v) is 11.9. The van der Waals surface area contributed by atoms with E-state index in [-0.39, 0.29) is 30.6 Å². The molecule has 2 fully saturated rings. The quantitative estimate of drug-likeness (QED) is 0.532. The van der Waals surface area contributed by atoms with Crippen molar-refractivity contribution in [1.82, 2.24) is 19.8 Å². The molecule has 1 amide bonds. The Morgan fingerprint density at radius 1 is 1.11 bits per heavy atom. The van der Waals surface area contributed by atoms with Crippen molar-refractivity contribution in [2.24, 2.45) is 11.3 Å². The zero-order valence-corrected chi connectivity index (χ0v) is 22.4. The molecule has 2 N–H and O–H groups in total. The van der Waals surface area contributed by atoms with Crippen LogP contribution in [0.1, 0.15) is 52.0 Å². The first-order valence-electron chi connectivity index (χ1n) is 13.1. The maximum Gasteiger partial charge on any atom is 0.410 e. The molecule has 2 aliphatic rings. The van der Waals surface area contributed by atoms with Crippen LogP contribution in [0.25, 0.3) is 11.3 Å². The topological polar surface area (TPSA) is 79.6 Å². The molecule has 0 radical (unpaired) electrons. The van der Waals surface area contributed by atoms with Crippen LogP contribution < -0.4 is 5.32 Å². The zero-order chi connectivity index (χ0) is 26.4. The van der Waals surface area contributed by atoms with Gasteiger partial charge in [0.25, 0.3) is 0 Å². The van der Waals surface area contributed by atoms with Crippen molar-refractivity contribution in [3.05, 3.63) is 78.2 Å². The number of carbonyl (C=O) groups is 1. The molecule has 0 aliphatic carbocycles. The summed E-state index contributed by atoms with van der Waals surface area (Å²) < 4.78 is 7.98. The molecule has 7 heteroatoms. The Balaban J connectivity index is 1.53. The minimum absolute atomic E-state index is 0.0788. The Bertz CT molecular complexity index is 1230. The van der Waals surface area contributed by atoms with E-state index in [4.69, 9.17) is 9.72 Å². The van der Waals surface area contributed by atoms with E-state index in [9.17, 15) is 9.90 Å². The van der Waals surface area contributed by atoms with Gasteiger partial charge in [0.05, 0.1) is 24.4 Å². The van der Waals surface area contributed by atoms with Gasteiger partial charge in [-0.15, -0.1) is 0 Å². The molecule has 1 unspecified atom stereocenters. The third-order valence-electron chi connectivity index (χ3n) is 7.64. The van der Waals surface area contributed by atoms with Crippen LogP contribution in [0.15, 0.2) is 66.9 Å². The number of imidazole rings is 1. The Kier molecular flexibility index (Phi) is 6.62. The van der Waals surface area contributed by atoms with Gasteiger partial charge in [0, 0.05) is 42.2 Å². The number of aliphatic hydroxyl groups excluding tert-OH is 1. The normalized spacial score (nSPS) is 25.1. The summed E-state index contributed by atoms with van der Waals surface area (Å²) in [4.78, 5) is 20.1. The van der Waals surface area contributed by atoms with Crippen LogP contribution in [0.4, 0.5) is 4.79 Å². The smallest absolute Gasteiger partial charge is 0.410 e. The van der Waals surface area contributed by atoms with E-state index in [2.05, 4.69) is 66.3 Å². The predicted octanol–water partition coefficient (Wildman–Crippen LogP) is 4.87. The van der Waals surface area contributed by atoms with Gasteiger partial charge in [-0.2, -0.15) is 0 Å². The van der Waals surface area contributed by atoms with Crippen molar-refractivity contribution in [3.8, 4) is 11.3 Å². The van der Waals surface area contributed by atoms with Crippen molar-refractivity contribution >= 4 is 6.09 Å². The van der Waals surface area contributed by atoms with Crippen molar-refractivity contribution in [2.75, 3.05) is 13.1 Å². The molecular weight excluding hydrogens is 464 g/mol. The molecule has 0 saturated carbocycles. The van der Waals surface area contributed by atoms with Crippen LogP contribution in [0.2, 0.25) is 0 Å². The Labute approximate surface area is 219 Å². The number of hydrogen-bond acceptors (Lipinski definition) is 5. The molecule has 2 saturated heterocycles. The van der Waals surface area contributed by atoms with E-state index >= 15 is 0 Å².